The molecule has 9 nitrogen and oxygen atoms in total. The quantitative estimate of drug-likeness (QED) is 0.269. The van der Waals surface area contributed by atoms with Crippen LogP contribution in [0.2, 0.25) is 0 Å². The number of aliphatic hydroxyl groups is 3. The summed E-state index contributed by atoms with van der Waals surface area (Å²) in [6, 6.07) is 0. The first-order chi connectivity index (χ1) is 22.0. The van der Waals surface area contributed by atoms with Crippen LogP contribution in [0.25, 0.3) is 0 Å². The van der Waals surface area contributed by atoms with Gasteiger partial charge >= 0.3 is 5.97 Å². The lowest BCUT2D eigenvalue weighted by molar-refractivity contribution is -0.264. The smallest absolute Gasteiger partial charge is 0.303 e. The normalized spacial score (nSPS) is 50.3. The maximum Gasteiger partial charge on any atom is 0.303 e. The summed E-state index contributed by atoms with van der Waals surface area (Å²) in [5.74, 6) is 1.27. The molecule has 2 saturated heterocycles. The molecule has 0 amide bonds. The molecule has 7 aliphatic rings. The van der Waals surface area contributed by atoms with Gasteiger partial charge in [-0.2, -0.15) is 0 Å². The molecule has 7 rings (SSSR count). The predicted molar refractivity (Wildman–Crippen MR) is 175 cm³/mol. The van der Waals surface area contributed by atoms with Crippen molar-refractivity contribution in [3.63, 3.8) is 0 Å². The van der Waals surface area contributed by atoms with Crippen molar-refractivity contribution in [2.75, 3.05) is 6.61 Å². The number of esters is 1. The van der Waals surface area contributed by atoms with E-state index in [-0.39, 0.29) is 58.4 Å². The van der Waals surface area contributed by atoms with Crippen LogP contribution >= 0.6 is 0 Å². The van der Waals surface area contributed by atoms with Crippen LogP contribution in [-0.4, -0.2) is 82.2 Å². The monoisotopic (exact) mass is 662 g/mol. The Labute approximate surface area is 281 Å². The molecular weight excluding hydrogens is 600 g/mol. The highest BCUT2D eigenvalue weighted by Crippen LogP contribution is 2.89. The van der Waals surface area contributed by atoms with Gasteiger partial charge in [0.1, 0.15) is 12.2 Å². The Morgan fingerprint density at radius 1 is 0.957 bits per heavy atom. The number of rotatable bonds is 5. The molecule has 5 aliphatic carbocycles. The van der Waals surface area contributed by atoms with E-state index in [1.54, 1.807) is 13.8 Å². The van der Waals surface area contributed by atoms with Gasteiger partial charge in [0.15, 0.2) is 18.2 Å². The van der Waals surface area contributed by atoms with Gasteiger partial charge in [-0.05, 0) is 111 Å². The Kier molecular flexibility index (Phi) is 9.12. The zero-order valence-corrected chi connectivity index (χ0v) is 30.3. The summed E-state index contributed by atoms with van der Waals surface area (Å²) in [6.45, 7) is 18.2. The number of hydrogen-bond acceptors (Lipinski definition) is 9. The topological polar surface area (TPSA) is 132 Å². The second kappa shape index (κ2) is 12.0. The first-order valence-corrected chi connectivity index (χ1v) is 18.7. The Hall–Kier alpha value is -1.10. The van der Waals surface area contributed by atoms with E-state index in [1.807, 2.05) is 13.8 Å². The molecule has 0 radical (unpaired) electrons. The SMILES string of the molecule is CC.CC(=O)OC(C1CCC2C(O1)C(=O)C1C3CCC4C(C)(C)C(OC5CC(O)C(O)CO5)CCC45C(C)[C@@]35CCC21C)C(C)(C)O. The number of ketones is 1. The third-order valence-electron chi connectivity index (χ3n) is 15.0. The number of Topliss-reactive ketones (excluding diaryl/α,β-unsaturated/α-hetero) is 1. The Morgan fingerprint density at radius 2 is 1.64 bits per heavy atom. The number of carbonyl (C=O) groups is 2. The molecule has 0 bridgehead atoms. The Morgan fingerprint density at radius 3 is 2.28 bits per heavy atom. The number of carbonyl (C=O) groups excluding carboxylic acids is 2. The minimum Gasteiger partial charge on any atom is -0.457 e. The summed E-state index contributed by atoms with van der Waals surface area (Å²) in [6.07, 6.45) is 4.08. The van der Waals surface area contributed by atoms with E-state index in [2.05, 4.69) is 27.7 Å². The fourth-order valence-electron chi connectivity index (χ4n) is 13.1. The maximum atomic E-state index is 14.6. The van der Waals surface area contributed by atoms with Crippen molar-refractivity contribution in [2.45, 2.75) is 169 Å². The van der Waals surface area contributed by atoms with Crippen molar-refractivity contribution >= 4 is 11.8 Å². The molecule has 268 valence electrons. The fourth-order valence-corrected chi connectivity index (χ4v) is 13.1. The third-order valence-corrected chi connectivity index (χ3v) is 15.0. The standard InChI is InChI=1S/C36H56O9.C2H6/c1-18-35-15-14-34(7)21-8-10-24(31(33(5,6)41)43-19(2)37)44-30(21)29(40)28(34)20(35)9-11-25-32(3,4)26(12-13-36(18,25)35)45-27-16-22(38)23(39)17-42-27;1-2/h18,20-28,30-31,38-39,41H,8-17H2,1-7H3;1-2H3/t18?,20?,21?,22?,23?,24?,25?,26?,27?,28?,30?,31?,34?,35-,36?;/m0./s1. The molecule has 2 heterocycles. The highest BCUT2D eigenvalue weighted by atomic mass is 16.7. The first kappa shape index (κ1) is 35.7. The highest BCUT2D eigenvalue weighted by Gasteiger charge is 2.85. The number of ether oxygens (including phenoxy) is 4. The number of fused-ring (bicyclic) bond motifs is 4. The molecular formula is C38H62O9. The number of aliphatic hydroxyl groups excluding tert-OH is 2. The van der Waals surface area contributed by atoms with E-state index < -0.39 is 48.4 Å². The van der Waals surface area contributed by atoms with Gasteiger partial charge in [-0.3, -0.25) is 9.59 Å². The van der Waals surface area contributed by atoms with Crippen LogP contribution in [0.3, 0.4) is 0 Å². The lowest BCUT2D eigenvalue weighted by Gasteiger charge is -2.59. The predicted octanol–water partition coefficient (Wildman–Crippen LogP) is 5.20. The van der Waals surface area contributed by atoms with Gasteiger partial charge in [-0.1, -0.05) is 41.5 Å². The molecule has 5 saturated carbocycles. The van der Waals surface area contributed by atoms with Crippen LogP contribution in [-0.2, 0) is 28.5 Å². The molecule has 0 aromatic rings. The van der Waals surface area contributed by atoms with Crippen LogP contribution in [0.15, 0.2) is 0 Å². The summed E-state index contributed by atoms with van der Waals surface area (Å²) < 4.78 is 24.6. The van der Waals surface area contributed by atoms with Crippen molar-refractivity contribution in [3.8, 4) is 0 Å². The van der Waals surface area contributed by atoms with Crippen molar-refractivity contribution in [2.24, 2.45) is 51.2 Å². The van der Waals surface area contributed by atoms with E-state index >= 15 is 0 Å². The average Bonchev–Trinajstić information content (AvgIpc) is 3.45. The summed E-state index contributed by atoms with van der Waals surface area (Å²) in [7, 11) is 0. The Balaban J connectivity index is 0.00000190. The second-order valence-corrected chi connectivity index (χ2v) is 17.5. The molecule has 3 N–H and O–H groups in total. The van der Waals surface area contributed by atoms with Gasteiger partial charge in [-0.25, -0.2) is 0 Å². The molecule has 0 aromatic carbocycles. The van der Waals surface area contributed by atoms with Gasteiger partial charge in [0.2, 0.25) is 0 Å². The summed E-state index contributed by atoms with van der Waals surface area (Å²) >= 11 is 0. The van der Waals surface area contributed by atoms with Gasteiger partial charge in [-0.15, -0.1) is 0 Å². The second-order valence-electron chi connectivity index (χ2n) is 17.5. The van der Waals surface area contributed by atoms with Crippen LogP contribution in [0.5, 0.6) is 0 Å². The van der Waals surface area contributed by atoms with E-state index in [0.29, 0.717) is 24.2 Å². The summed E-state index contributed by atoms with van der Waals surface area (Å²) in [5, 5.41) is 31.0. The average molecular weight is 663 g/mol. The molecule has 47 heavy (non-hydrogen) atoms. The molecule has 2 aliphatic heterocycles. The van der Waals surface area contributed by atoms with Crippen LogP contribution in [0.1, 0.15) is 120 Å². The molecule has 0 aromatic heterocycles. The zero-order valence-electron chi connectivity index (χ0n) is 30.3. The largest absolute Gasteiger partial charge is 0.457 e. The van der Waals surface area contributed by atoms with E-state index in [0.717, 1.165) is 44.9 Å². The van der Waals surface area contributed by atoms with E-state index in [4.69, 9.17) is 18.9 Å². The number of hydrogen-bond donors (Lipinski definition) is 3. The van der Waals surface area contributed by atoms with Gasteiger partial charge in [0, 0.05) is 19.3 Å². The lowest BCUT2D eigenvalue weighted by atomic mass is 9.46. The van der Waals surface area contributed by atoms with Crippen molar-refractivity contribution in [1.29, 1.82) is 0 Å². The summed E-state index contributed by atoms with van der Waals surface area (Å²) in [4.78, 5) is 26.5. The Bertz CT molecular complexity index is 1210. The van der Waals surface area contributed by atoms with Crippen molar-refractivity contribution in [1.82, 2.24) is 0 Å². The van der Waals surface area contributed by atoms with E-state index in [1.165, 1.54) is 6.92 Å². The van der Waals surface area contributed by atoms with Crippen LogP contribution in [0, 0.1) is 51.2 Å². The fraction of sp³-hybridized carbons (Fsp3) is 0.947. The maximum absolute atomic E-state index is 14.6. The minimum absolute atomic E-state index is 0.0121. The van der Waals surface area contributed by atoms with Gasteiger partial charge < -0.3 is 34.3 Å². The lowest BCUT2D eigenvalue weighted by Crippen LogP contribution is -2.56. The molecule has 7 fully saturated rings. The molecule has 14 unspecified atom stereocenters. The van der Waals surface area contributed by atoms with Crippen molar-refractivity contribution < 1.29 is 43.9 Å². The highest BCUT2D eigenvalue weighted by molar-refractivity contribution is 5.90. The summed E-state index contributed by atoms with van der Waals surface area (Å²) in [5.41, 5.74) is -1.12. The van der Waals surface area contributed by atoms with Crippen molar-refractivity contribution in [3.05, 3.63) is 0 Å². The van der Waals surface area contributed by atoms with Crippen LogP contribution < -0.4 is 0 Å². The molecule has 9 heteroatoms. The van der Waals surface area contributed by atoms with E-state index in [9.17, 15) is 24.9 Å². The van der Waals surface area contributed by atoms with Gasteiger partial charge in [0.25, 0.3) is 0 Å². The minimum atomic E-state index is -1.28. The third kappa shape index (κ3) is 5.05. The molecule has 2 spiro atoms. The zero-order chi connectivity index (χ0) is 34.5. The van der Waals surface area contributed by atoms with Crippen LogP contribution in [0.4, 0.5) is 0 Å². The molecule has 15 atom stereocenters. The first-order valence-electron chi connectivity index (χ1n) is 18.7. The van der Waals surface area contributed by atoms with Gasteiger partial charge in [0.05, 0.1) is 30.5 Å².